The minimum atomic E-state index is 0.0968. The van der Waals surface area contributed by atoms with Crippen molar-refractivity contribution in [1.82, 2.24) is 15.0 Å². The summed E-state index contributed by atoms with van der Waals surface area (Å²) in [7, 11) is 0. The van der Waals surface area contributed by atoms with Crippen LogP contribution in [0.5, 0.6) is 0 Å². The molecule has 5 heteroatoms. The van der Waals surface area contributed by atoms with E-state index >= 15 is 0 Å². The Morgan fingerprint density at radius 3 is 2.69 bits per heavy atom. The van der Waals surface area contributed by atoms with Gasteiger partial charge in [-0.1, -0.05) is 5.21 Å². The maximum absolute atomic E-state index is 8.71. The molecule has 1 aromatic heterocycles. The summed E-state index contributed by atoms with van der Waals surface area (Å²) in [5.74, 6) is 0. The van der Waals surface area contributed by atoms with Crippen LogP contribution in [-0.4, -0.2) is 38.4 Å². The fourth-order valence-electron chi connectivity index (χ4n) is 1.17. The minimum absolute atomic E-state index is 0.0968. The quantitative estimate of drug-likeness (QED) is 0.649. The average Bonchev–Trinajstić information content (AvgIpc) is 2.46. The van der Waals surface area contributed by atoms with E-state index in [0.29, 0.717) is 19.4 Å². The molecule has 1 heterocycles. The molecular weight excluding hydrogens is 170 g/mol. The second kappa shape index (κ2) is 4.94. The lowest BCUT2D eigenvalue weighted by Crippen LogP contribution is -2.04. The van der Waals surface area contributed by atoms with Crippen LogP contribution in [0, 0.1) is 6.92 Å². The van der Waals surface area contributed by atoms with Crippen molar-refractivity contribution in [3.8, 4) is 0 Å². The second-order valence-electron chi connectivity index (χ2n) is 2.90. The van der Waals surface area contributed by atoms with E-state index in [1.807, 2.05) is 6.92 Å². The highest BCUT2D eigenvalue weighted by Crippen LogP contribution is 2.04. The third-order valence-electron chi connectivity index (χ3n) is 1.95. The lowest BCUT2D eigenvalue weighted by molar-refractivity contribution is 0.275. The summed E-state index contributed by atoms with van der Waals surface area (Å²) in [6.45, 7) is 2.86. The number of hydrogen-bond donors (Lipinski definition) is 2. The fraction of sp³-hybridized carbons (Fsp3) is 0.750. The molecule has 0 amide bonds. The second-order valence-corrected chi connectivity index (χ2v) is 2.90. The lowest BCUT2D eigenvalue weighted by atomic mass is 10.2. The number of aryl methyl sites for hydroxylation is 1. The number of aliphatic hydroxyl groups excluding tert-OH is 2. The van der Waals surface area contributed by atoms with Gasteiger partial charge in [0.25, 0.3) is 0 Å². The summed E-state index contributed by atoms with van der Waals surface area (Å²) < 4.78 is 1.75. The maximum atomic E-state index is 8.71. The van der Waals surface area contributed by atoms with Crippen LogP contribution in [0.3, 0.4) is 0 Å². The lowest BCUT2D eigenvalue weighted by Gasteiger charge is -2.00. The molecule has 13 heavy (non-hydrogen) atoms. The van der Waals surface area contributed by atoms with Gasteiger partial charge in [0.2, 0.25) is 0 Å². The van der Waals surface area contributed by atoms with Crippen molar-refractivity contribution >= 4 is 0 Å². The molecular formula is C8H15N3O2. The van der Waals surface area contributed by atoms with Gasteiger partial charge in [0, 0.05) is 26.2 Å². The molecule has 74 valence electrons. The van der Waals surface area contributed by atoms with Crippen LogP contribution >= 0.6 is 0 Å². The van der Waals surface area contributed by atoms with Crippen molar-refractivity contribution in [1.29, 1.82) is 0 Å². The topological polar surface area (TPSA) is 71.2 Å². The van der Waals surface area contributed by atoms with Gasteiger partial charge in [-0.2, -0.15) is 0 Å². The predicted octanol–water partition coefficient (Wildman–Crippen LogP) is -0.496. The normalized spacial score (nSPS) is 10.7. The van der Waals surface area contributed by atoms with Crippen LogP contribution in [0.2, 0.25) is 0 Å². The Bertz CT molecular complexity index is 260. The van der Waals surface area contributed by atoms with Crippen LogP contribution in [0.4, 0.5) is 0 Å². The van der Waals surface area contributed by atoms with E-state index < -0.39 is 0 Å². The highest BCUT2D eigenvalue weighted by Gasteiger charge is 2.06. The first-order chi connectivity index (χ1) is 6.29. The van der Waals surface area contributed by atoms with Gasteiger partial charge in [0.1, 0.15) is 0 Å². The van der Waals surface area contributed by atoms with Gasteiger partial charge < -0.3 is 10.2 Å². The van der Waals surface area contributed by atoms with Crippen LogP contribution < -0.4 is 0 Å². The summed E-state index contributed by atoms with van der Waals surface area (Å²) in [5.41, 5.74) is 1.81. The first-order valence-electron chi connectivity index (χ1n) is 4.40. The van der Waals surface area contributed by atoms with Crippen molar-refractivity contribution in [2.75, 3.05) is 13.2 Å². The monoisotopic (exact) mass is 185 g/mol. The number of aromatic nitrogens is 3. The Kier molecular flexibility index (Phi) is 3.85. The van der Waals surface area contributed by atoms with E-state index in [0.717, 1.165) is 11.4 Å². The van der Waals surface area contributed by atoms with Gasteiger partial charge in [0.05, 0.1) is 11.4 Å². The number of aliphatic hydroxyl groups is 2. The molecule has 0 aromatic carbocycles. The molecule has 0 unspecified atom stereocenters. The minimum Gasteiger partial charge on any atom is -0.396 e. The summed E-state index contributed by atoms with van der Waals surface area (Å²) >= 11 is 0. The Morgan fingerprint density at radius 2 is 2.08 bits per heavy atom. The highest BCUT2D eigenvalue weighted by atomic mass is 16.3. The van der Waals surface area contributed by atoms with E-state index in [4.69, 9.17) is 10.2 Å². The molecule has 1 aromatic rings. The average molecular weight is 185 g/mol. The molecule has 2 N–H and O–H groups in total. The largest absolute Gasteiger partial charge is 0.396 e. The first-order valence-corrected chi connectivity index (χ1v) is 4.40. The third-order valence-corrected chi connectivity index (χ3v) is 1.95. The van der Waals surface area contributed by atoms with E-state index in [1.165, 1.54) is 0 Å². The van der Waals surface area contributed by atoms with Gasteiger partial charge in [-0.05, 0) is 13.3 Å². The number of rotatable bonds is 5. The van der Waals surface area contributed by atoms with Gasteiger partial charge in [-0.25, -0.2) is 4.68 Å². The van der Waals surface area contributed by atoms with E-state index in [2.05, 4.69) is 10.3 Å². The molecule has 1 rings (SSSR count). The molecule has 0 aliphatic heterocycles. The summed E-state index contributed by atoms with van der Waals surface area (Å²) in [6.07, 6.45) is 1.23. The van der Waals surface area contributed by atoms with E-state index in [-0.39, 0.29) is 13.2 Å². The standard InChI is InChI=1S/C8H15N3O2/c1-7-8(3-6-13)9-10-11(7)4-2-5-12/h12-13H,2-6H2,1H3. The van der Waals surface area contributed by atoms with Crippen molar-refractivity contribution in [2.45, 2.75) is 26.3 Å². The van der Waals surface area contributed by atoms with E-state index in [1.54, 1.807) is 4.68 Å². The molecule has 0 fully saturated rings. The summed E-state index contributed by atoms with van der Waals surface area (Å²) in [6, 6.07) is 0. The van der Waals surface area contributed by atoms with Gasteiger partial charge >= 0.3 is 0 Å². The van der Waals surface area contributed by atoms with Crippen LogP contribution in [0.15, 0.2) is 0 Å². The zero-order valence-corrected chi connectivity index (χ0v) is 7.77. The molecule has 0 spiro atoms. The zero-order chi connectivity index (χ0) is 9.68. The van der Waals surface area contributed by atoms with Crippen molar-refractivity contribution in [2.24, 2.45) is 0 Å². The van der Waals surface area contributed by atoms with Gasteiger partial charge in [-0.3, -0.25) is 0 Å². The molecule has 0 atom stereocenters. The Balaban J connectivity index is 2.62. The first kappa shape index (κ1) is 10.1. The molecule has 0 radical (unpaired) electrons. The molecule has 5 nitrogen and oxygen atoms in total. The molecule has 0 aliphatic rings. The fourth-order valence-corrected chi connectivity index (χ4v) is 1.17. The molecule has 0 saturated heterocycles. The maximum Gasteiger partial charge on any atom is 0.0879 e. The predicted molar refractivity (Wildman–Crippen MR) is 47.3 cm³/mol. The van der Waals surface area contributed by atoms with Crippen molar-refractivity contribution in [3.05, 3.63) is 11.4 Å². The summed E-state index contributed by atoms with van der Waals surface area (Å²) in [4.78, 5) is 0. The van der Waals surface area contributed by atoms with E-state index in [9.17, 15) is 0 Å². The Hall–Kier alpha value is -0.940. The third kappa shape index (κ3) is 2.50. The molecule has 0 saturated carbocycles. The molecule has 0 aliphatic carbocycles. The van der Waals surface area contributed by atoms with Gasteiger partial charge in [0.15, 0.2) is 0 Å². The van der Waals surface area contributed by atoms with Gasteiger partial charge in [-0.15, -0.1) is 5.10 Å². The molecule has 0 bridgehead atoms. The van der Waals surface area contributed by atoms with Crippen LogP contribution in [0.1, 0.15) is 17.8 Å². The van der Waals surface area contributed by atoms with Crippen LogP contribution in [-0.2, 0) is 13.0 Å². The number of hydrogen-bond acceptors (Lipinski definition) is 4. The SMILES string of the molecule is Cc1c(CCO)nnn1CCCO. The smallest absolute Gasteiger partial charge is 0.0879 e. The van der Waals surface area contributed by atoms with Crippen molar-refractivity contribution < 1.29 is 10.2 Å². The zero-order valence-electron chi connectivity index (χ0n) is 7.77. The Morgan fingerprint density at radius 1 is 1.31 bits per heavy atom. The highest BCUT2D eigenvalue weighted by molar-refractivity contribution is 5.07. The number of nitrogens with zero attached hydrogens (tertiary/aromatic N) is 3. The summed E-state index contributed by atoms with van der Waals surface area (Å²) in [5, 5.41) is 25.2. The van der Waals surface area contributed by atoms with Crippen molar-refractivity contribution in [3.63, 3.8) is 0 Å². The Labute approximate surface area is 77.0 Å². The van der Waals surface area contributed by atoms with Crippen LogP contribution in [0.25, 0.3) is 0 Å².